The molecule has 1 aliphatic heterocycles. The smallest absolute Gasteiger partial charge is 0.232 e. The second-order valence-corrected chi connectivity index (χ2v) is 6.83. The van der Waals surface area contributed by atoms with Crippen molar-refractivity contribution < 1.29 is 14.3 Å². The first-order valence-corrected chi connectivity index (χ1v) is 9.07. The molecule has 0 saturated carbocycles. The van der Waals surface area contributed by atoms with E-state index < -0.39 is 0 Å². The molecule has 3 nitrogen and oxygen atoms in total. The van der Waals surface area contributed by atoms with E-state index >= 15 is 0 Å². The molecule has 0 bridgehead atoms. The first-order chi connectivity index (χ1) is 12.7. The molecule has 1 aromatic heterocycles. The lowest BCUT2D eigenvalue weighted by molar-refractivity contribution is 0.101. The van der Waals surface area contributed by atoms with Crippen molar-refractivity contribution in [3.63, 3.8) is 0 Å². The van der Waals surface area contributed by atoms with Crippen LogP contribution >= 0.6 is 11.3 Å². The molecule has 0 radical (unpaired) electrons. The Labute approximate surface area is 155 Å². The zero-order valence-corrected chi connectivity index (χ0v) is 14.8. The molecule has 0 amide bonds. The normalized spacial score (nSPS) is 14.2. The van der Waals surface area contributed by atoms with Crippen molar-refractivity contribution in [3.05, 3.63) is 93.9 Å². The van der Waals surface area contributed by atoms with Gasteiger partial charge in [-0.05, 0) is 34.7 Å². The van der Waals surface area contributed by atoms with Crippen molar-refractivity contribution in [2.45, 2.75) is 6.61 Å². The highest BCUT2D eigenvalue weighted by Gasteiger charge is 2.27. The van der Waals surface area contributed by atoms with Crippen molar-refractivity contribution in [1.29, 1.82) is 0 Å². The van der Waals surface area contributed by atoms with Crippen molar-refractivity contribution in [2.75, 3.05) is 0 Å². The van der Waals surface area contributed by atoms with Crippen LogP contribution in [-0.4, -0.2) is 5.78 Å². The molecular formula is C22H16O3S. The van der Waals surface area contributed by atoms with Gasteiger partial charge in [0.2, 0.25) is 5.78 Å². The lowest BCUT2D eigenvalue weighted by Gasteiger charge is -2.07. The topological polar surface area (TPSA) is 35.5 Å². The van der Waals surface area contributed by atoms with Crippen LogP contribution in [0, 0.1) is 0 Å². The highest BCUT2D eigenvalue weighted by Crippen LogP contribution is 2.35. The molecule has 4 heteroatoms. The Morgan fingerprint density at radius 2 is 1.96 bits per heavy atom. The van der Waals surface area contributed by atoms with Gasteiger partial charge in [0.25, 0.3) is 0 Å². The van der Waals surface area contributed by atoms with Gasteiger partial charge in [0, 0.05) is 17.0 Å². The highest BCUT2D eigenvalue weighted by molar-refractivity contribution is 7.10. The molecule has 0 fully saturated rings. The minimum Gasteiger partial charge on any atom is -0.489 e. The van der Waals surface area contributed by atoms with Crippen molar-refractivity contribution in [2.24, 2.45) is 0 Å². The summed E-state index contributed by atoms with van der Waals surface area (Å²) in [6.07, 6.45) is 3.58. The minimum atomic E-state index is -0.0973. The second kappa shape index (κ2) is 7.02. The van der Waals surface area contributed by atoms with Crippen molar-refractivity contribution in [1.82, 2.24) is 0 Å². The molecule has 0 saturated heterocycles. The first-order valence-electron chi connectivity index (χ1n) is 8.19. The van der Waals surface area contributed by atoms with Gasteiger partial charge in [0.05, 0.1) is 5.56 Å². The third kappa shape index (κ3) is 3.32. The van der Waals surface area contributed by atoms with Gasteiger partial charge in [0.15, 0.2) is 5.76 Å². The molecule has 4 rings (SSSR count). The Bertz CT molecular complexity index is 983. The largest absolute Gasteiger partial charge is 0.489 e. The zero-order valence-electron chi connectivity index (χ0n) is 14.0. The van der Waals surface area contributed by atoms with Crippen LogP contribution in [0.15, 0.2) is 72.3 Å². The third-order valence-electron chi connectivity index (χ3n) is 4.08. The number of fused-ring (bicyclic) bond motifs is 1. The van der Waals surface area contributed by atoms with E-state index in [1.165, 1.54) is 0 Å². The Hall–Kier alpha value is -3.11. The fourth-order valence-corrected chi connectivity index (χ4v) is 3.32. The molecule has 3 aromatic rings. The van der Waals surface area contributed by atoms with Crippen LogP contribution in [0.5, 0.6) is 11.5 Å². The summed E-state index contributed by atoms with van der Waals surface area (Å²) in [5, 5.41) is 1.96. The van der Waals surface area contributed by atoms with E-state index in [1.807, 2.05) is 41.8 Å². The Balaban J connectivity index is 1.48. The van der Waals surface area contributed by atoms with Gasteiger partial charge in [0.1, 0.15) is 18.1 Å². The Morgan fingerprint density at radius 3 is 2.69 bits per heavy atom. The number of Topliss-reactive ketones (excluding diaryl/α,β-unsaturated/α-hetero) is 1. The van der Waals surface area contributed by atoms with Gasteiger partial charge < -0.3 is 9.47 Å². The predicted octanol–water partition coefficient (Wildman–Crippen LogP) is 5.59. The monoisotopic (exact) mass is 360 g/mol. The quantitative estimate of drug-likeness (QED) is 0.557. The maximum atomic E-state index is 12.4. The molecule has 0 atom stereocenters. The van der Waals surface area contributed by atoms with Gasteiger partial charge in [-0.1, -0.05) is 43.0 Å². The van der Waals surface area contributed by atoms with E-state index in [0.717, 1.165) is 16.0 Å². The number of benzene rings is 2. The van der Waals surface area contributed by atoms with Gasteiger partial charge in [-0.3, -0.25) is 4.79 Å². The molecule has 128 valence electrons. The predicted molar refractivity (Wildman–Crippen MR) is 105 cm³/mol. The average molecular weight is 360 g/mol. The SMILES string of the molecule is C=Cc1ccc(COc2ccc3c(c2)OC(=Cc2cccs2)C3=O)cc1. The molecule has 1 aliphatic rings. The molecule has 2 aromatic carbocycles. The lowest BCUT2D eigenvalue weighted by atomic mass is 10.1. The standard InChI is InChI=1S/C22H16O3S/c1-2-15-5-7-16(8-6-15)14-24-17-9-10-19-20(12-17)25-21(22(19)23)13-18-4-3-11-26-18/h2-13H,1,14H2. The summed E-state index contributed by atoms with van der Waals surface area (Å²) < 4.78 is 11.6. The van der Waals surface area contributed by atoms with Crippen LogP contribution < -0.4 is 9.47 Å². The molecular weight excluding hydrogens is 344 g/mol. The average Bonchev–Trinajstić information content (AvgIpc) is 3.29. The lowest BCUT2D eigenvalue weighted by Crippen LogP contribution is -1.97. The fraction of sp³-hybridized carbons (Fsp3) is 0.0455. The molecule has 0 unspecified atom stereocenters. The molecule has 0 spiro atoms. The van der Waals surface area contributed by atoms with E-state index in [4.69, 9.17) is 9.47 Å². The van der Waals surface area contributed by atoms with Gasteiger partial charge in [-0.2, -0.15) is 0 Å². The molecule has 0 N–H and O–H groups in total. The van der Waals surface area contributed by atoms with Crippen molar-refractivity contribution in [3.8, 4) is 11.5 Å². The van der Waals surface area contributed by atoms with E-state index in [1.54, 1.807) is 41.7 Å². The Kier molecular flexibility index (Phi) is 4.42. The number of allylic oxidation sites excluding steroid dienone is 1. The van der Waals surface area contributed by atoms with E-state index in [2.05, 4.69) is 6.58 Å². The molecule has 26 heavy (non-hydrogen) atoms. The number of rotatable bonds is 5. The minimum absolute atomic E-state index is 0.0973. The van der Waals surface area contributed by atoms with Gasteiger partial charge >= 0.3 is 0 Å². The number of thiophene rings is 1. The second-order valence-electron chi connectivity index (χ2n) is 5.85. The van der Waals surface area contributed by atoms with E-state index in [0.29, 0.717) is 29.4 Å². The maximum absolute atomic E-state index is 12.4. The highest BCUT2D eigenvalue weighted by atomic mass is 32.1. The van der Waals surface area contributed by atoms with Crippen molar-refractivity contribution >= 4 is 29.3 Å². The number of ether oxygens (including phenoxy) is 2. The Morgan fingerprint density at radius 1 is 1.12 bits per heavy atom. The van der Waals surface area contributed by atoms with Gasteiger partial charge in [-0.15, -0.1) is 11.3 Å². The van der Waals surface area contributed by atoms with Gasteiger partial charge in [-0.25, -0.2) is 0 Å². The summed E-state index contributed by atoms with van der Waals surface area (Å²) in [5.41, 5.74) is 2.70. The number of carbonyl (C=O) groups is 1. The molecule has 2 heterocycles. The summed E-state index contributed by atoms with van der Waals surface area (Å²) in [4.78, 5) is 13.4. The van der Waals surface area contributed by atoms with Crippen LogP contribution in [0.2, 0.25) is 0 Å². The number of ketones is 1. The number of hydrogen-bond acceptors (Lipinski definition) is 4. The van der Waals surface area contributed by atoms with Crippen LogP contribution in [0.3, 0.4) is 0 Å². The molecule has 0 aliphatic carbocycles. The van der Waals surface area contributed by atoms with E-state index in [9.17, 15) is 4.79 Å². The summed E-state index contributed by atoms with van der Waals surface area (Å²) in [6, 6.07) is 17.2. The van der Waals surface area contributed by atoms with Crippen LogP contribution in [0.1, 0.15) is 26.4 Å². The summed E-state index contributed by atoms with van der Waals surface area (Å²) in [5.74, 6) is 1.46. The van der Waals surface area contributed by atoms with E-state index in [-0.39, 0.29) is 5.78 Å². The number of carbonyl (C=O) groups excluding carboxylic acids is 1. The summed E-state index contributed by atoms with van der Waals surface area (Å²) in [6.45, 7) is 4.19. The summed E-state index contributed by atoms with van der Waals surface area (Å²) >= 11 is 1.56. The van der Waals surface area contributed by atoms with Crippen LogP contribution in [-0.2, 0) is 6.61 Å². The van der Waals surface area contributed by atoms with Crippen LogP contribution in [0.25, 0.3) is 12.2 Å². The summed E-state index contributed by atoms with van der Waals surface area (Å²) in [7, 11) is 0. The third-order valence-corrected chi connectivity index (χ3v) is 4.90. The fourth-order valence-electron chi connectivity index (χ4n) is 2.68. The van der Waals surface area contributed by atoms with Crippen LogP contribution in [0.4, 0.5) is 0 Å². The maximum Gasteiger partial charge on any atom is 0.232 e. The first kappa shape index (κ1) is 16.4. The number of hydrogen-bond donors (Lipinski definition) is 0. The zero-order chi connectivity index (χ0) is 17.9.